The van der Waals surface area contributed by atoms with Crippen LogP contribution in [0.3, 0.4) is 0 Å². The van der Waals surface area contributed by atoms with Crippen LogP contribution in [0.25, 0.3) is 4.96 Å². The summed E-state index contributed by atoms with van der Waals surface area (Å²) in [5.41, 5.74) is 1.76. The highest BCUT2D eigenvalue weighted by molar-refractivity contribution is 7.98. The molecule has 144 valence electrons. The lowest BCUT2D eigenvalue weighted by Gasteiger charge is -2.10. The third-order valence-corrected chi connectivity index (χ3v) is 6.02. The zero-order valence-corrected chi connectivity index (χ0v) is 17.2. The second-order valence-electron chi connectivity index (χ2n) is 6.13. The van der Waals surface area contributed by atoms with E-state index >= 15 is 0 Å². The Morgan fingerprint density at radius 1 is 1.25 bits per heavy atom. The van der Waals surface area contributed by atoms with E-state index in [0.29, 0.717) is 17.3 Å². The van der Waals surface area contributed by atoms with E-state index in [1.807, 2.05) is 48.1 Å². The summed E-state index contributed by atoms with van der Waals surface area (Å²) in [4.78, 5) is 17.4. The van der Waals surface area contributed by atoms with E-state index in [9.17, 15) is 4.79 Å². The minimum Gasteiger partial charge on any atom is -0.485 e. The normalized spacial score (nSPS) is 11.2. The molecule has 4 rings (SSSR count). The Balaban J connectivity index is 1.47. The highest BCUT2D eigenvalue weighted by Crippen LogP contribution is 2.23. The third kappa shape index (κ3) is 3.81. The highest BCUT2D eigenvalue weighted by atomic mass is 32.2. The van der Waals surface area contributed by atoms with E-state index < -0.39 is 0 Å². The Morgan fingerprint density at radius 2 is 2.11 bits per heavy atom. The van der Waals surface area contributed by atoms with E-state index in [2.05, 4.69) is 15.2 Å². The van der Waals surface area contributed by atoms with Gasteiger partial charge < -0.3 is 9.30 Å². The lowest BCUT2D eigenvalue weighted by molar-refractivity contribution is 0.286. The molecule has 0 atom stereocenters. The molecule has 0 saturated carbocycles. The largest absolute Gasteiger partial charge is 0.485 e. The highest BCUT2D eigenvalue weighted by Gasteiger charge is 2.13. The average molecular weight is 414 g/mol. The van der Waals surface area contributed by atoms with Crippen molar-refractivity contribution >= 4 is 28.1 Å². The lowest BCUT2D eigenvalue weighted by Crippen LogP contribution is -2.12. The fraction of sp³-hybridized carbons (Fsp3) is 0.263. The van der Waals surface area contributed by atoms with Gasteiger partial charge in [-0.05, 0) is 25.5 Å². The molecule has 3 aromatic heterocycles. The molecule has 4 aromatic rings. The number of aryl methyl sites for hydroxylation is 1. The topological polar surface area (TPSA) is 74.3 Å². The van der Waals surface area contributed by atoms with Crippen LogP contribution in [0.5, 0.6) is 5.75 Å². The molecule has 0 radical (unpaired) electrons. The second-order valence-corrected chi connectivity index (χ2v) is 7.94. The van der Waals surface area contributed by atoms with Gasteiger partial charge in [0.25, 0.3) is 5.56 Å². The average Bonchev–Trinajstić information content (AvgIpc) is 3.32. The van der Waals surface area contributed by atoms with Crippen LogP contribution in [0.15, 0.2) is 51.9 Å². The number of rotatable bonds is 7. The molecular weight excluding hydrogens is 394 g/mol. The number of thiazole rings is 1. The maximum atomic E-state index is 12.1. The van der Waals surface area contributed by atoms with E-state index in [-0.39, 0.29) is 5.56 Å². The zero-order valence-electron chi connectivity index (χ0n) is 15.5. The number of hydrogen-bond donors (Lipinski definition) is 0. The molecule has 0 aliphatic rings. The first-order valence-electron chi connectivity index (χ1n) is 8.85. The van der Waals surface area contributed by atoms with Gasteiger partial charge in [0.2, 0.25) is 0 Å². The van der Waals surface area contributed by atoms with Gasteiger partial charge in [0.05, 0.1) is 5.69 Å². The zero-order chi connectivity index (χ0) is 19.5. The van der Waals surface area contributed by atoms with Gasteiger partial charge in [-0.25, -0.2) is 4.98 Å². The first-order chi connectivity index (χ1) is 13.7. The number of fused-ring (bicyclic) bond motifs is 1. The van der Waals surface area contributed by atoms with Crippen molar-refractivity contribution in [3.8, 4) is 5.75 Å². The number of benzene rings is 1. The molecule has 0 N–H and O–H groups in total. The van der Waals surface area contributed by atoms with E-state index in [0.717, 1.165) is 34.5 Å². The van der Waals surface area contributed by atoms with Gasteiger partial charge in [-0.15, -0.1) is 21.5 Å². The standard InChI is InChI=1S/C19H19N5O2S2/c1-3-23-16(11-26-15-7-5-4-6-13(15)2)21-22-19(23)28-12-14-10-17(25)24-8-9-27-18(24)20-14/h4-10H,3,11-12H2,1-2H3. The Bertz CT molecular complexity index is 1160. The van der Waals surface area contributed by atoms with Gasteiger partial charge in [-0.2, -0.15) is 0 Å². The number of para-hydroxylation sites is 1. The van der Waals surface area contributed by atoms with Gasteiger partial charge in [0.15, 0.2) is 15.9 Å². The van der Waals surface area contributed by atoms with Gasteiger partial charge >= 0.3 is 0 Å². The molecule has 0 amide bonds. The summed E-state index contributed by atoms with van der Waals surface area (Å²) >= 11 is 2.97. The molecule has 9 heteroatoms. The molecule has 3 heterocycles. The fourth-order valence-corrected chi connectivity index (χ4v) is 4.46. The van der Waals surface area contributed by atoms with Crippen LogP contribution in [0.4, 0.5) is 0 Å². The minimum atomic E-state index is -0.0638. The van der Waals surface area contributed by atoms with Crippen molar-refractivity contribution in [2.45, 2.75) is 37.9 Å². The third-order valence-electron chi connectivity index (χ3n) is 4.27. The van der Waals surface area contributed by atoms with Crippen molar-refractivity contribution in [1.82, 2.24) is 24.1 Å². The summed E-state index contributed by atoms with van der Waals surface area (Å²) in [6.45, 7) is 5.16. The molecule has 0 unspecified atom stereocenters. The predicted molar refractivity (Wildman–Crippen MR) is 110 cm³/mol. The first kappa shape index (κ1) is 18.7. The maximum absolute atomic E-state index is 12.1. The van der Waals surface area contributed by atoms with Crippen LogP contribution in [0.2, 0.25) is 0 Å². The summed E-state index contributed by atoms with van der Waals surface area (Å²) in [5.74, 6) is 2.17. The molecular formula is C19H19N5O2S2. The molecule has 0 saturated heterocycles. The van der Waals surface area contributed by atoms with E-state index in [1.165, 1.54) is 23.1 Å². The quantitative estimate of drug-likeness (QED) is 0.432. The SMILES string of the molecule is CCn1c(COc2ccccc2C)nnc1SCc1cc(=O)n2ccsc2n1. The smallest absolute Gasteiger partial charge is 0.258 e. The van der Waals surface area contributed by atoms with E-state index in [1.54, 1.807) is 16.7 Å². The number of nitrogens with zero attached hydrogens (tertiary/aromatic N) is 5. The molecule has 0 fully saturated rings. The Morgan fingerprint density at radius 3 is 2.93 bits per heavy atom. The van der Waals surface area contributed by atoms with Gasteiger partial charge in [0, 0.05) is 29.9 Å². The van der Waals surface area contributed by atoms with E-state index in [4.69, 9.17) is 4.74 Å². The molecule has 28 heavy (non-hydrogen) atoms. The van der Waals surface area contributed by atoms with Crippen molar-refractivity contribution in [2.75, 3.05) is 0 Å². The van der Waals surface area contributed by atoms with Crippen LogP contribution >= 0.6 is 23.1 Å². The summed E-state index contributed by atoms with van der Waals surface area (Å²) in [6.07, 6.45) is 1.74. The predicted octanol–water partition coefficient (Wildman–Crippen LogP) is 3.55. The molecule has 0 bridgehead atoms. The monoisotopic (exact) mass is 413 g/mol. The summed E-state index contributed by atoms with van der Waals surface area (Å²) in [6, 6.07) is 9.47. The summed E-state index contributed by atoms with van der Waals surface area (Å²) in [7, 11) is 0. The van der Waals surface area contributed by atoms with Crippen LogP contribution in [0.1, 0.15) is 24.0 Å². The summed E-state index contributed by atoms with van der Waals surface area (Å²) in [5, 5.41) is 11.2. The van der Waals surface area contributed by atoms with Crippen LogP contribution in [0, 0.1) is 6.92 Å². The number of ether oxygens (including phenoxy) is 1. The Kier molecular flexibility index (Phi) is 5.45. The second kappa shape index (κ2) is 8.15. The van der Waals surface area contributed by atoms with Gasteiger partial charge in [-0.1, -0.05) is 30.0 Å². The van der Waals surface area contributed by atoms with Crippen molar-refractivity contribution in [1.29, 1.82) is 0 Å². The van der Waals surface area contributed by atoms with Crippen molar-refractivity contribution in [3.63, 3.8) is 0 Å². The Labute approximate surface area is 170 Å². The number of thioether (sulfide) groups is 1. The van der Waals surface area contributed by atoms with Crippen molar-refractivity contribution in [2.24, 2.45) is 0 Å². The fourth-order valence-electron chi connectivity index (χ4n) is 2.81. The Hall–Kier alpha value is -2.65. The lowest BCUT2D eigenvalue weighted by atomic mass is 10.2. The molecule has 7 nitrogen and oxygen atoms in total. The molecule has 0 aliphatic carbocycles. The van der Waals surface area contributed by atoms with Gasteiger partial charge in [-0.3, -0.25) is 9.20 Å². The van der Waals surface area contributed by atoms with Crippen LogP contribution in [-0.4, -0.2) is 24.1 Å². The van der Waals surface area contributed by atoms with Crippen molar-refractivity contribution in [3.05, 3.63) is 69.3 Å². The van der Waals surface area contributed by atoms with Crippen molar-refractivity contribution < 1.29 is 4.74 Å². The first-order valence-corrected chi connectivity index (χ1v) is 10.7. The maximum Gasteiger partial charge on any atom is 0.258 e. The number of hydrogen-bond acceptors (Lipinski definition) is 7. The molecule has 0 spiro atoms. The van der Waals surface area contributed by atoms with Crippen LogP contribution < -0.4 is 10.3 Å². The number of aromatic nitrogens is 5. The minimum absolute atomic E-state index is 0.0638. The van der Waals surface area contributed by atoms with Gasteiger partial charge in [0.1, 0.15) is 12.4 Å². The summed E-state index contributed by atoms with van der Waals surface area (Å²) < 4.78 is 9.49. The molecule has 0 aliphatic heterocycles. The van der Waals surface area contributed by atoms with Crippen LogP contribution in [-0.2, 0) is 18.9 Å². The molecule has 1 aromatic carbocycles.